The van der Waals surface area contributed by atoms with E-state index in [2.05, 4.69) is 0 Å². The normalized spacial score (nSPS) is 13.2. The quantitative estimate of drug-likeness (QED) is 0.719. The second-order valence-electron chi connectivity index (χ2n) is 3.74. The van der Waals surface area contributed by atoms with E-state index >= 15 is 0 Å². The van der Waals surface area contributed by atoms with Crippen molar-refractivity contribution in [3.63, 3.8) is 0 Å². The highest BCUT2D eigenvalue weighted by Gasteiger charge is 2.31. The molecule has 0 fully saturated rings. The van der Waals surface area contributed by atoms with E-state index in [0.717, 1.165) is 0 Å². The average molecular weight is 281 g/mol. The molecule has 0 bridgehead atoms. The Labute approximate surface area is 105 Å². The lowest BCUT2D eigenvalue weighted by atomic mass is 10.1. The van der Waals surface area contributed by atoms with E-state index in [1.54, 1.807) is 0 Å². The van der Waals surface area contributed by atoms with E-state index in [9.17, 15) is 22.4 Å². The van der Waals surface area contributed by atoms with Crippen LogP contribution in [0.2, 0.25) is 0 Å². The van der Waals surface area contributed by atoms with E-state index in [1.807, 2.05) is 5.32 Å². The number of rotatable bonds is 4. The minimum absolute atomic E-state index is 0.385. The van der Waals surface area contributed by atoms with Gasteiger partial charge in [-0.2, -0.15) is 13.2 Å². The van der Waals surface area contributed by atoms with Crippen LogP contribution in [0.15, 0.2) is 18.2 Å². The lowest BCUT2D eigenvalue weighted by Crippen LogP contribution is -2.34. The lowest BCUT2D eigenvalue weighted by molar-refractivity contribution is -0.137. The number of hydrogen-bond donors (Lipinski definition) is 3. The molecular weight excluding hydrogens is 270 g/mol. The van der Waals surface area contributed by atoms with Crippen LogP contribution in [0.1, 0.15) is 15.9 Å². The number of carbonyl (C=O) groups is 1. The summed E-state index contributed by atoms with van der Waals surface area (Å²) >= 11 is 0. The minimum Gasteiger partial charge on any atom is -0.394 e. The van der Waals surface area contributed by atoms with Crippen molar-refractivity contribution in [1.29, 1.82) is 0 Å². The zero-order valence-electron chi connectivity index (χ0n) is 9.54. The van der Waals surface area contributed by atoms with Crippen molar-refractivity contribution in [2.45, 2.75) is 12.3 Å². The van der Waals surface area contributed by atoms with E-state index < -0.39 is 48.3 Å². The molecule has 106 valence electrons. The Morgan fingerprint density at radius 2 is 2.00 bits per heavy atom. The van der Waals surface area contributed by atoms with Gasteiger partial charge in [-0.3, -0.25) is 4.79 Å². The number of alkyl halides is 3. The highest BCUT2D eigenvalue weighted by molar-refractivity contribution is 5.94. The smallest absolute Gasteiger partial charge is 0.394 e. The summed E-state index contributed by atoms with van der Waals surface area (Å²) in [4.78, 5) is 11.5. The van der Waals surface area contributed by atoms with Gasteiger partial charge < -0.3 is 15.5 Å². The van der Waals surface area contributed by atoms with Gasteiger partial charge in [0.05, 0.1) is 23.8 Å². The van der Waals surface area contributed by atoms with Gasteiger partial charge in [-0.25, -0.2) is 4.39 Å². The number of nitrogens with one attached hydrogen (secondary N) is 1. The molecule has 0 aromatic heterocycles. The Morgan fingerprint density at radius 3 is 2.53 bits per heavy atom. The number of aliphatic hydroxyl groups is 2. The summed E-state index contributed by atoms with van der Waals surface area (Å²) in [7, 11) is 0. The summed E-state index contributed by atoms with van der Waals surface area (Å²) in [5.41, 5.74) is -1.93. The first-order valence-corrected chi connectivity index (χ1v) is 5.19. The maximum Gasteiger partial charge on any atom is 0.416 e. The molecule has 1 rings (SSSR count). The fraction of sp³-hybridized carbons (Fsp3) is 0.364. The predicted octanol–water partition coefficient (Wildman–Crippen LogP) is 0.927. The number of hydrogen-bond acceptors (Lipinski definition) is 3. The summed E-state index contributed by atoms with van der Waals surface area (Å²) in [5, 5.41) is 19.5. The molecule has 19 heavy (non-hydrogen) atoms. The van der Waals surface area contributed by atoms with Crippen molar-refractivity contribution in [2.24, 2.45) is 0 Å². The molecule has 3 N–H and O–H groups in total. The molecule has 8 heteroatoms. The monoisotopic (exact) mass is 281 g/mol. The Balaban J connectivity index is 2.90. The lowest BCUT2D eigenvalue weighted by Gasteiger charge is -2.11. The molecule has 4 nitrogen and oxygen atoms in total. The van der Waals surface area contributed by atoms with Crippen LogP contribution in [-0.2, 0) is 6.18 Å². The Hall–Kier alpha value is -1.67. The summed E-state index contributed by atoms with van der Waals surface area (Å²) in [6.07, 6.45) is -5.95. The molecule has 0 saturated carbocycles. The Bertz CT molecular complexity index is 462. The number of carbonyl (C=O) groups excluding carboxylic acids is 1. The predicted molar refractivity (Wildman–Crippen MR) is 56.8 cm³/mol. The van der Waals surface area contributed by atoms with Crippen molar-refractivity contribution in [3.8, 4) is 0 Å². The Morgan fingerprint density at radius 1 is 1.37 bits per heavy atom. The second kappa shape index (κ2) is 5.98. The summed E-state index contributed by atoms with van der Waals surface area (Å²) in [5.74, 6) is -2.21. The molecule has 0 saturated heterocycles. The SMILES string of the molecule is O=C(NCC(O)CO)c1cc(C(F)(F)F)ccc1F. The maximum atomic E-state index is 13.3. The van der Waals surface area contributed by atoms with Crippen molar-refractivity contribution >= 4 is 5.91 Å². The largest absolute Gasteiger partial charge is 0.416 e. The van der Waals surface area contributed by atoms with Crippen LogP contribution in [0.25, 0.3) is 0 Å². The van der Waals surface area contributed by atoms with Crippen LogP contribution in [-0.4, -0.2) is 35.4 Å². The van der Waals surface area contributed by atoms with Gasteiger partial charge in [-0.05, 0) is 18.2 Å². The van der Waals surface area contributed by atoms with Gasteiger partial charge in [0.15, 0.2) is 0 Å². The third-order valence-corrected chi connectivity index (χ3v) is 2.25. The van der Waals surface area contributed by atoms with Crippen molar-refractivity contribution < 1.29 is 32.6 Å². The molecular formula is C11H11F4NO3. The standard InChI is InChI=1S/C11H11F4NO3/c12-9-2-1-6(11(13,14)15)3-8(9)10(19)16-4-7(18)5-17/h1-3,7,17-18H,4-5H2,(H,16,19). The first-order chi connectivity index (χ1) is 8.75. The third-order valence-electron chi connectivity index (χ3n) is 2.25. The topological polar surface area (TPSA) is 69.6 Å². The van der Waals surface area contributed by atoms with Crippen LogP contribution in [0, 0.1) is 5.82 Å². The van der Waals surface area contributed by atoms with Gasteiger partial charge in [-0.15, -0.1) is 0 Å². The maximum absolute atomic E-state index is 13.3. The van der Waals surface area contributed by atoms with Gasteiger partial charge in [-0.1, -0.05) is 0 Å². The molecule has 0 aliphatic carbocycles. The Kier molecular flexibility index (Phi) is 4.84. The van der Waals surface area contributed by atoms with Gasteiger partial charge >= 0.3 is 6.18 Å². The van der Waals surface area contributed by atoms with Crippen molar-refractivity contribution in [1.82, 2.24) is 5.32 Å². The molecule has 0 heterocycles. The highest BCUT2D eigenvalue weighted by Crippen LogP contribution is 2.30. The van der Waals surface area contributed by atoms with Crippen LogP contribution < -0.4 is 5.32 Å². The molecule has 0 spiro atoms. The number of halogens is 4. The van der Waals surface area contributed by atoms with E-state index in [1.165, 1.54) is 0 Å². The number of benzene rings is 1. The van der Waals surface area contributed by atoms with Gasteiger partial charge in [0, 0.05) is 6.54 Å². The van der Waals surface area contributed by atoms with Crippen molar-refractivity contribution in [3.05, 3.63) is 35.1 Å². The average Bonchev–Trinajstić information content (AvgIpc) is 2.34. The highest BCUT2D eigenvalue weighted by atomic mass is 19.4. The molecule has 1 atom stereocenters. The van der Waals surface area contributed by atoms with Gasteiger partial charge in [0.1, 0.15) is 5.82 Å². The molecule has 1 unspecified atom stereocenters. The minimum atomic E-state index is -4.69. The number of aliphatic hydroxyl groups excluding tert-OH is 2. The van der Waals surface area contributed by atoms with Crippen LogP contribution in [0.5, 0.6) is 0 Å². The molecule has 1 aromatic carbocycles. The van der Waals surface area contributed by atoms with E-state index in [4.69, 9.17) is 10.2 Å². The van der Waals surface area contributed by atoms with Crippen LogP contribution in [0.4, 0.5) is 17.6 Å². The molecule has 1 aromatic rings. The summed E-state index contributed by atoms with van der Waals surface area (Å²) in [6, 6.07) is 1.45. The third kappa shape index (κ3) is 4.18. The fourth-order valence-electron chi connectivity index (χ4n) is 1.25. The summed E-state index contributed by atoms with van der Waals surface area (Å²) < 4.78 is 50.5. The van der Waals surface area contributed by atoms with Gasteiger partial charge in [0.25, 0.3) is 5.91 Å². The fourth-order valence-corrected chi connectivity index (χ4v) is 1.25. The van der Waals surface area contributed by atoms with Crippen LogP contribution >= 0.6 is 0 Å². The first-order valence-electron chi connectivity index (χ1n) is 5.19. The summed E-state index contributed by atoms with van der Waals surface area (Å²) in [6.45, 7) is -1.03. The zero-order chi connectivity index (χ0) is 14.6. The van der Waals surface area contributed by atoms with E-state index in [-0.39, 0.29) is 0 Å². The van der Waals surface area contributed by atoms with Gasteiger partial charge in [0.2, 0.25) is 0 Å². The molecule has 0 aliphatic rings. The zero-order valence-corrected chi connectivity index (χ0v) is 9.54. The molecule has 0 aliphatic heterocycles. The molecule has 1 amide bonds. The first kappa shape index (κ1) is 15.4. The number of amides is 1. The molecule has 0 radical (unpaired) electrons. The van der Waals surface area contributed by atoms with Crippen LogP contribution in [0.3, 0.4) is 0 Å². The van der Waals surface area contributed by atoms with E-state index in [0.29, 0.717) is 18.2 Å². The second-order valence-corrected chi connectivity index (χ2v) is 3.74. The van der Waals surface area contributed by atoms with Crippen molar-refractivity contribution in [2.75, 3.05) is 13.2 Å².